The van der Waals surface area contributed by atoms with Crippen molar-refractivity contribution in [3.63, 3.8) is 0 Å². The van der Waals surface area contributed by atoms with Gasteiger partial charge in [-0.1, -0.05) is 18.2 Å². The number of esters is 1. The molecule has 2 aromatic heterocycles. The van der Waals surface area contributed by atoms with E-state index in [2.05, 4.69) is 47.1 Å². The maximum atomic E-state index is 11.9. The lowest BCUT2D eigenvalue weighted by atomic mass is 9.97. The molecule has 7 nitrogen and oxygen atoms in total. The summed E-state index contributed by atoms with van der Waals surface area (Å²) in [5.74, 6) is 2.45. The molecule has 5 rings (SSSR count). The fourth-order valence-corrected chi connectivity index (χ4v) is 4.37. The molecule has 1 N–H and O–H groups in total. The number of rotatable bonds is 6. The smallest absolute Gasteiger partial charge is 0.341 e. The fourth-order valence-electron chi connectivity index (χ4n) is 4.37. The summed E-state index contributed by atoms with van der Waals surface area (Å²) in [4.78, 5) is 27.0. The van der Waals surface area contributed by atoms with Gasteiger partial charge in [0.25, 0.3) is 0 Å². The lowest BCUT2D eigenvalue weighted by molar-refractivity contribution is 0.0594. The summed E-state index contributed by atoms with van der Waals surface area (Å²) in [6, 6.07) is 17.6. The molecule has 174 valence electrons. The number of hydrogen-bond donors (Lipinski definition) is 1. The summed E-state index contributed by atoms with van der Waals surface area (Å²) >= 11 is 0. The van der Waals surface area contributed by atoms with Gasteiger partial charge in [-0.05, 0) is 67.6 Å². The van der Waals surface area contributed by atoms with Gasteiger partial charge >= 0.3 is 5.97 Å². The highest BCUT2D eigenvalue weighted by Crippen LogP contribution is 2.27. The van der Waals surface area contributed by atoms with Gasteiger partial charge in [0.05, 0.1) is 24.8 Å². The number of benzene rings is 2. The molecular weight excluding hydrogens is 428 g/mol. The highest BCUT2D eigenvalue weighted by Gasteiger charge is 2.22. The molecule has 0 saturated carbocycles. The molecule has 1 aliphatic heterocycles. The molecule has 0 atom stereocenters. The Bertz CT molecular complexity index is 1290. The Labute approximate surface area is 198 Å². The lowest BCUT2D eigenvalue weighted by Gasteiger charge is -2.32. The van der Waals surface area contributed by atoms with Crippen molar-refractivity contribution in [2.45, 2.75) is 19.8 Å². The number of methoxy groups -OCH3 is 1. The van der Waals surface area contributed by atoms with Crippen LogP contribution in [0.15, 0.2) is 60.8 Å². The van der Waals surface area contributed by atoms with Crippen LogP contribution in [0.2, 0.25) is 0 Å². The van der Waals surface area contributed by atoms with E-state index in [0.29, 0.717) is 23.8 Å². The van der Waals surface area contributed by atoms with Gasteiger partial charge < -0.3 is 19.4 Å². The number of carbonyl (C=O) groups is 1. The number of carbonyl (C=O) groups excluding carboxylic acids is 1. The number of fused-ring (bicyclic) bond motifs is 1. The molecule has 7 heteroatoms. The Morgan fingerprint density at radius 3 is 2.71 bits per heavy atom. The normalized spacial score (nSPS) is 14.4. The van der Waals surface area contributed by atoms with E-state index in [9.17, 15) is 4.79 Å². The Balaban J connectivity index is 1.18. The number of hydrogen-bond acceptors (Lipinski definition) is 6. The summed E-state index contributed by atoms with van der Waals surface area (Å²) < 4.78 is 10.8. The molecule has 1 fully saturated rings. The highest BCUT2D eigenvalue weighted by molar-refractivity contribution is 5.92. The number of piperidine rings is 1. The fraction of sp³-hybridized carbons (Fsp3) is 0.296. The molecule has 0 radical (unpaired) electrons. The second-order valence-electron chi connectivity index (χ2n) is 8.74. The first-order valence-corrected chi connectivity index (χ1v) is 11.6. The van der Waals surface area contributed by atoms with E-state index in [1.54, 1.807) is 6.07 Å². The minimum absolute atomic E-state index is 0.377. The number of anilines is 1. The lowest BCUT2D eigenvalue weighted by Crippen LogP contribution is -2.36. The van der Waals surface area contributed by atoms with Crippen LogP contribution < -0.4 is 9.64 Å². The second-order valence-corrected chi connectivity index (χ2v) is 8.74. The first kappa shape index (κ1) is 21.9. The summed E-state index contributed by atoms with van der Waals surface area (Å²) in [6.07, 6.45) is 3.90. The van der Waals surface area contributed by atoms with Crippen molar-refractivity contribution >= 4 is 22.8 Å². The second kappa shape index (κ2) is 9.55. The van der Waals surface area contributed by atoms with Crippen LogP contribution in [0, 0.1) is 12.8 Å². The number of nitrogens with one attached hydrogen (secondary N) is 1. The Hall–Kier alpha value is -3.87. The molecule has 0 aliphatic carbocycles. The number of para-hydroxylation sites is 1. The molecule has 2 aromatic carbocycles. The summed E-state index contributed by atoms with van der Waals surface area (Å²) in [5, 5.41) is 0. The van der Waals surface area contributed by atoms with E-state index in [1.807, 2.05) is 24.4 Å². The van der Waals surface area contributed by atoms with Gasteiger partial charge in [-0.25, -0.2) is 14.8 Å². The number of pyridine rings is 1. The minimum atomic E-state index is -0.377. The minimum Gasteiger partial charge on any atom is -0.492 e. The van der Waals surface area contributed by atoms with E-state index in [4.69, 9.17) is 19.4 Å². The van der Waals surface area contributed by atoms with E-state index in [-0.39, 0.29) is 5.97 Å². The molecule has 4 aromatic rings. The zero-order chi connectivity index (χ0) is 23.5. The van der Waals surface area contributed by atoms with Gasteiger partial charge in [0.1, 0.15) is 23.0 Å². The van der Waals surface area contributed by atoms with Crippen LogP contribution in [0.4, 0.5) is 5.82 Å². The molecule has 1 saturated heterocycles. The molecule has 0 unspecified atom stereocenters. The van der Waals surface area contributed by atoms with Crippen LogP contribution in [0.3, 0.4) is 0 Å². The van der Waals surface area contributed by atoms with Crippen LogP contribution in [-0.2, 0) is 4.74 Å². The summed E-state index contributed by atoms with van der Waals surface area (Å²) in [6.45, 7) is 4.49. The van der Waals surface area contributed by atoms with Gasteiger partial charge in [0.15, 0.2) is 0 Å². The molecule has 0 bridgehead atoms. The predicted molar refractivity (Wildman–Crippen MR) is 132 cm³/mol. The quantitative estimate of drug-likeness (QED) is 0.411. The van der Waals surface area contributed by atoms with Crippen molar-refractivity contribution in [2.75, 3.05) is 31.7 Å². The van der Waals surface area contributed by atoms with Crippen LogP contribution in [0.1, 0.15) is 28.8 Å². The Kier molecular flexibility index (Phi) is 6.16. The number of H-pyrrole nitrogens is 1. The molecular formula is C27H28N4O3. The van der Waals surface area contributed by atoms with Crippen molar-refractivity contribution in [2.24, 2.45) is 5.92 Å². The molecule has 0 amide bonds. The average molecular weight is 457 g/mol. The highest BCUT2D eigenvalue weighted by atomic mass is 16.5. The number of aromatic nitrogens is 3. The molecule has 0 spiro atoms. The van der Waals surface area contributed by atoms with Gasteiger partial charge in [0, 0.05) is 24.8 Å². The van der Waals surface area contributed by atoms with Gasteiger partial charge in [-0.3, -0.25) is 0 Å². The Morgan fingerprint density at radius 2 is 1.94 bits per heavy atom. The maximum Gasteiger partial charge on any atom is 0.341 e. The third-order valence-corrected chi connectivity index (χ3v) is 6.37. The number of aromatic amines is 1. The number of nitrogens with zero attached hydrogens (tertiary/aromatic N) is 3. The first-order valence-electron chi connectivity index (χ1n) is 11.6. The van der Waals surface area contributed by atoms with Crippen LogP contribution >= 0.6 is 0 Å². The monoisotopic (exact) mass is 456 g/mol. The number of imidazole rings is 1. The van der Waals surface area contributed by atoms with Crippen molar-refractivity contribution in [3.8, 4) is 17.1 Å². The van der Waals surface area contributed by atoms with E-state index in [1.165, 1.54) is 12.7 Å². The number of aryl methyl sites for hydroxylation is 1. The van der Waals surface area contributed by atoms with Gasteiger partial charge in [-0.2, -0.15) is 0 Å². The maximum absolute atomic E-state index is 11.9. The molecule has 1 aliphatic rings. The first-order chi connectivity index (χ1) is 16.6. The third-order valence-electron chi connectivity index (χ3n) is 6.37. The predicted octanol–water partition coefficient (Wildman–Crippen LogP) is 5.02. The zero-order valence-corrected chi connectivity index (χ0v) is 19.5. The SMILES string of the molecule is COC(=O)c1ccccc1OCC1CCN(c2ccc(-c3nc4cc(C)ccc4[nH]3)cn2)CC1. The van der Waals surface area contributed by atoms with Gasteiger partial charge in [0.2, 0.25) is 0 Å². The van der Waals surface area contributed by atoms with E-state index < -0.39 is 0 Å². The van der Waals surface area contributed by atoms with Crippen molar-refractivity contribution < 1.29 is 14.3 Å². The van der Waals surface area contributed by atoms with Crippen LogP contribution in [-0.4, -0.2) is 47.7 Å². The molecule has 34 heavy (non-hydrogen) atoms. The third kappa shape index (κ3) is 4.59. The topological polar surface area (TPSA) is 80.3 Å². The van der Waals surface area contributed by atoms with E-state index >= 15 is 0 Å². The molecule has 3 heterocycles. The standard InChI is InChI=1S/C27H28N4O3/c1-18-7-9-22-23(15-18)30-26(29-22)20-8-10-25(28-16-20)31-13-11-19(12-14-31)17-34-24-6-4-3-5-21(24)27(32)33-2/h3-10,15-16,19H,11-14,17H2,1-2H3,(H,29,30). The van der Waals surface area contributed by atoms with Crippen molar-refractivity contribution in [1.29, 1.82) is 0 Å². The van der Waals surface area contributed by atoms with Crippen molar-refractivity contribution in [3.05, 3.63) is 71.9 Å². The van der Waals surface area contributed by atoms with Crippen molar-refractivity contribution in [1.82, 2.24) is 15.0 Å². The van der Waals surface area contributed by atoms with Crippen LogP contribution in [0.5, 0.6) is 5.75 Å². The van der Waals surface area contributed by atoms with Gasteiger partial charge in [-0.15, -0.1) is 0 Å². The summed E-state index contributed by atoms with van der Waals surface area (Å²) in [5.41, 5.74) is 4.64. The average Bonchev–Trinajstić information content (AvgIpc) is 3.31. The number of ether oxygens (including phenoxy) is 2. The zero-order valence-electron chi connectivity index (χ0n) is 19.5. The largest absolute Gasteiger partial charge is 0.492 e. The Morgan fingerprint density at radius 1 is 1.12 bits per heavy atom. The van der Waals surface area contributed by atoms with E-state index in [0.717, 1.165) is 54.2 Å². The summed E-state index contributed by atoms with van der Waals surface area (Å²) in [7, 11) is 1.38. The van der Waals surface area contributed by atoms with Crippen LogP contribution in [0.25, 0.3) is 22.4 Å².